The second kappa shape index (κ2) is 7.90. The summed E-state index contributed by atoms with van der Waals surface area (Å²) < 4.78 is 0. The molecule has 0 spiro atoms. The lowest BCUT2D eigenvalue weighted by molar-refractivity contribution is -0.129. The predicted molar refractivity (Wildman–Crippen MR) is 93.4 cm³/mol. The van der Waals surface area contributed by atoms with Gasteiger partial charge in [-0.15, -0.1) is 0 Å². The number of halogens is 1. The molecule has 1 aromatic heterocycles. The van der Waals surface area contributed by atoms with Crippen LogP contribution in [0.4, 0.5) is 5.69 Å². The van der Waals surface area contributed by atoms with Gasteiger partial charge in [0.15, 0.2) is 5.66 Å². The van der Waals surface area contributed by atoms with Gasteiger partial charge in [0, 0.05) is 17.6 Å². The predicted octanol–water partition coefficient (Wildman–Crippen LogP) is 2.10. The molecule has 0 saturated carbocycles. The van der Waals surface area contributed by atoms with Crippen molar-refractivity contribution in [1.82, 2.24) is 10.3 Å². The zero-order chi connectivity index (χ0) is 17.6. The second-order valence-electron chi connectivity index (χ2n) is 5.57. The van der Waals surface area contributed by atoms with Gasteiger partial charge in [0.25, 0.3) is 5.91 Å². The van der Waals surface area contributed by atoms with Crippen LogP contribution in [-0.2, 0) is 16.0 Å². The zero-order valence-corrected chi connectivity index (χ0v) is 14.0. The van der Waals surface area contributed by atoms with Gasteiger partial charge in [-0.2, -0.15) is 0 Å². The molecule has 24 heavy (non-hydrogen) atoms. The van der Waals surface area contributed by atoms with Crippen LogP contribution in [0.3, 0.4) is 0 Å². The molecule has 0 unspecified atom stereocenters. The number of carbonyl (C=O) groups is 2. The van der Waals surface area contributed by atoms with Crippen LogP contribution in [0.2, 0.25) is 5.02 Å². The Bertz CT molecular complexity index is 702. The number of anilines is 1. The monoisotopic (exact) mass is 346 g/mol. The molecule has 2 rings (SSSR count). The number of rotatable bonds is 6. The van der Waals surface area contributed by atoms with Gasteiger partial charge in [-0.3, -0.25) is 14.6 Å². The maximum atomic E-state index is 12.2. The normalized spacial score (nSPS) is 13.0. The van der Waals surface area contributed by atoms with Crippen molar-refractivity contribution in [1.29, 1.82) is 0 Å². The molecule has 0 bridgehead atoms. The summed E-state index contributed by atoms with van der Waals surface area (Å²) in [5.74, 6) is -0.827. The summed E-state index contributed by atoms with van der Waals surface area (Å²) in [6.07, 6.45) is 3.84. The van der Waals surface area contributed by atoms with Crippen LogP contribution in [0, 0.1) is 0 Å². The van der Waals surface area contributed by atoms with Gasteiger partial charge in [-0.1, -0.05) is 23.7 Å². The van der Waals surface area contributed by atoms with Crippen LogP contribution in [0.25, 0.3) is 0 Å². The fraction of sp³-hybridized carbons (Fsp3) is 0.235. The number of nitrogens with two attached hydrogens (primary N) is 1. The quantitative estimate of drug-likeness (QED) is 0.698. The van der Waals surface area contributed by atoms with E-state index in [0.29, 0.717) is 17.1 Å². The summed E-state index contributed by atoms with van der Waals surface area (Å²) in [6.45, 7) is 1.44. The lowest BCUT2D eigenvalue weighted by Crippen LogP contribution is -2.61. The number of carbonyl (C=O) groups excluding carboxylic acids is 2. The Hall–Kier alpha value is -2.44. The molecule has 2 aromatic rings. The number of nitrogens with one attached hydrogen (secondary N) is 2. The van der Waals surface area contributed by atoms with Gasteiger partial charge in [0.2, 0.25) is 5.91 Å². The molecule has 1 aromatic carbocycles. The minimum absolute atomic E-state index is 0.217. The Balaban J connectivity index is 1.86. The first-order chi connectivity index (χ1) is 11.4. The van der Waals surface area contributed by atoms with E-state index in [1.807, 2.05) is 12.1 Å². The number of amides is 2. The van der Waals surface area contributed by atoms with Crippen LogP contribution in [0.15, 0.2) is 48.8 Å². The summed E-state index contributed by atoms with van der Waals surface area (Å²) in [5.41, 5.74) is 5.88. The van der Waals surface area contributed by atoms with Gasteiger partial charge in [-0.25, -0.2) is 0 Å². The van der Waals surface area contributed by atoms with Gasteiger partial charge in [0.1, 0.15) is 0 Å². The molecule has 1 atom stereocenters. The van der Waals surface area contributed by atoms with Crippen molar-refractivity contribution in [2.24, 2.45) is 5.73 Å². The molecule has 7 heteroatoms. The van der Waals surface area contributed by atoms with Gasteiger partial charge < -0.3 is 16.4 Å². The third kappa shape index (κ3) is 5.33. The number of aryl methyl sites for hydroxylation is 1. The molecule has 0 aliphatic carbocycles. The molecule has 2 amide bonds. The van der Waals surface area contributed by atoms with E-state index in [2.05, 4.69) is 15.6 Å². The minimum Gasteiger partial charge on any atom is -0.330 e. The molecule has 0 aliphatic rings. The maximum Gasteiger partial charge on any atom is 0.264 e. The molecule has 0 aliphatic heterocycles. The number of nitrogens with zero attached hydrogens (tertiary/aromatic N) is 1. The van der Waals surface area contributed by atoms with E-state index in [0.717, 1.165) is 5.56 Å². The highest BCUT2D eigenvalue weighted by atomic mass is 35.5. The van der Waals surface area contributed by atoms with Crippen molar-refractivity contribution in [3.8, 4) is 0 Å². The Morgan fingerprint density at radius 3 is 2.58 bits per heavy atom. The lowest BCUT2D eigenvalue weighted by atomic mass is 10.1. The third-order valence-electron chi connectivity index (χ3n) is 3.34. The minimum atomic E-state index is -1.52. The summed E-state index contributed by atoms with van der Waals surface area (Å²) in [6, 6.07) is 10.6. The molecule has 0 saturated heterocycles. The van der Waals surface area contributed by atoms with Crippen molar-refractivity contribution in [2.45, 2.75) is 25.4 Å². The fourth-order valence-corrected chi connectivity index (χ4v) is 2.14. The van der Waals surface area contributed by atoms with E-state index in [1.165, 1.54) is 13.1 Å². The molecule has 0 radical (unpaired) electrons. The third-order valence-corrected chi connectivity index (χ3v) is 3.60. The second-order valence-corrected chi connectivity index (χ2v) is 6.01. The molecule has 4 N–H and O–H groups in total. The van der Waals surface area contributed by atoms with Crippen LogP contribution in [-0.4, -0.2) is 22.5 Å². The number of pyridine rings is 1. The zero-order valence-electron chi connectivity index (χ0n) is 13.3. The first-order valence-electron chi connectivity index (χ1n) is 7.42. The SMILES string of the molecule is C[C@](N)(NC(=O)CCc1ccc(Cl)cc1)C(=O)Nc1cccnc1. The van der Waals surface area contributed by atoms with Crippen LogP contribution in [0.1, 0.15) is 18.9 Å². The van der Waals surface area contributed by atoms with E-state index in [4.69, 9.17) is 17.3 Å². The molecule has 1 heterocycles. The van der Waals surface area contributed by atoms with Crippen molar-refractivity contribution >= 4 is 29.1 Å². The lowest BCUT2D eigenvalue weighted by Gasteiger charge is -2.25. The number of aromatic nitrogens is 1. The van der Waals surface area contributed by atoms with Crippen molar-refractivity contribution in [3.63, 3.8) is 0 Å². The average Bonchev–Trinajstić information content (AvgIpc) is 2.55. The summed E-state index contributed by atoms with van der Waals surface area (Å²) in [4.78, 5) is 28.1. The topological polar surface area (TPSA) is 97.1 Å². The van der Waals surface area contributed by atoms with Crippen molar-refractivity contribution < 1.29 is 9.59 Å². The van der Waals surface area contributed by atoms with Crippen molar-refractivity contribution in [3.05, 3.63) is 59.4 Å². The van der Waals surface area contributed by atoms with Gasteiger partial charge in [-0.05, 0) is 43.2 Å². The Morgan fingerprint density at radius 2 is 1.96 bits per heavy atom. The van der Waals surface area contributed by atoms with E-state index in [9.17, 15) is 9.59 Å². The van der Waals surface area contributed by atoms with E-state index in [1.54, 1.807) is 30.5 Å². The average molecular weight is 347 g/mol. The van der Waals surface area contributed by atoms with Crippen molar-refractivity contribution in [2.75, 3.05) is 5.32 Å². The van der Waals surface area contributed by atoms with E-state index in [-0.39, 0.29) is 12.3 Å². The largest absolute Gasteiger partial charge is 0.330 e. The summed E-state index contributed by atoms with van der Waals surface area (Å²) >= 11 is 5.82. The molecule has 6 nitrogen and oxygen atoms in total. The van der Waals surface area contributed by atoms with E-state index >= 15 is 0 Å². The van der Waals surface area contributed by atoms with Crippen LogP contribution >= 0.6 is 11.6 Å². The van der Waals surface area contributed by atoms with Crippen LogP contribution < -0.4 is 16.4 Å². The number of hydrogen-bond donors (Lipinski definition) is 3. The molecule has 0 fully saturated rings. The summed E-state index contributed by atoms with van der Waals surface area (Å²) in [5, 5.41) is 5.79. The van der Waals surface area contributed by atoms with Gasteiger partial charge in [0.05, 0.1) is 11.9 Å². The Labute approximate surface area is 145 Å². The molecule has 126 valence electrons. The van der Waals surface area contributed by atoms with Crippen LogP contribution in [0.5, 0.6) is 0 Å². The van der Waals surface area contributed by atoms with E-state index < -0.39 is 11.6 Å². The fourth-order valence-electron chi connectivity index (χ4n) is 2.02. The maximum absolute atomic E-state index is 12.2. The summed E-state index contributed by atoms with van der Waals surface area (Å²) in [7, 11) is 0. The number of benzene rings is 1. The highest BCUT2D eigenvalue weighted by Gasteiger charge is 2.30. The Morgan fingerprint density at radius 1 is 1.25 bits per heavy atom. The first-order valence-corrected chi connectivity index (χ1v) is 7.80. The highest BCUT2D eigenvalue weighted by Crippen LogP contribution is 2.11. The molecular formula is C17H19ClN4O2. The highest BCUT2D eigenvalue weighted by molar-refractivity contribution is 6.30. The van der Waals surface area contributed by atoms with Gasteiger partial charge >= 0.3 is 0 Å². The molecular weight excluding hydrogens is 328 g/mol. The number of hydrogen-bond acceptors (Lipinski definition) is 4. The first kappa shape index (κ1) is 17.9. The Kier molecular flexibility index (Phi) is 5.89. The smallest absolute Gasteiger partial charge is 0.264 e. The standard InChI is InChI=1S/C17H19ClN4O2/c1-17(19,16(24)21-14-3-2-10-20-11-14)22-15(23)9-6-12-4-7-13(18)8-5-12/h2-5,7-8,10-11H,6,9,19H2,1H3,(H,21,24)(H,22,23)/t17-/m0/s1.